The van der Waals surface area contributed by atoms with Gasteiger partial charge >= 0.3 is 0 Å². The van der Waals surface area contributed by atoms with Gasteiger partial charge in [-0.05, 0) is 24.1 Å². The van der Waals surface area contributed by atoms with Crippen molar-refractivity contribution in [3.8, 4) is 5.75 Å². The van der Waals surface area contributed by atoms with Gasteiger partial charge in [0.05, 0.1) is 13.7 Å². The third kappa shape index (κ3) is 4.44. The molecule has 15 heavy (non-hydrogen) atoms. The van der Waals surface area contributed by atoms with Gasteiger partial charge in [0.25, 0.3) is 0 Å². The highest BCUT2D eigenvalue weighted by Crippen LogP contribution is 2.11. The molecule has 0 aliphatic rings. The Bertz CT molecular complexity index is 308. The summed E-state index contributed by atoms with van der Waals surface area (Å²) < 4.78 is 16.3. The van der Waals surface area contributed by atoms with E-state index in [-0.39, 0.29) is 6.61 Å². The summed E-state index contributed by atoms with van der Waals surface area (Å²) >= 11 is 0. The molecule has 0 bridgehead atoms. The van der Waals surface area contributed by atoms with E-state index in [0.717, 1.165) is 17.7 Å². The van der Waals surface area contributed by atoms with E-state index in [1.54, 1.807) is 7.11 Å². The second kappa shape index (κ2) is 6.58. The van der Waals surface area contributed by atoms with Gasteiger partial charge < -0.3 is 9.84 Å². The number of rotatable bonds is 6. The van der Waals surface area contributed by atoms with Crippen molar-refractivity contribution in [1.29, 1.82) is 0 Å². The van der Waals surface area contributed by atoms with Crippen LogP contribution in [0.15, 0.2) is 24.3 Å². The van der Waals surface area contributed by atoms with Gasteiger partial charge in [0.1, 0.15) is 5.75 Å². The number of methoxy groups -OCH3 is 1. The summed E-state index contributed by atoms with van der Waals surface area (Å²) in [7, 11) is 0.721. The third-order valence-corrected chi connectivity index (χ3v) is 3.39. The second-order valence-electron chi connectivity index (χ2n) is 3.17. The van der Waals surface area contributed by atoms with Crippen LogP contribution in [-0.4, -0.2) is 34.5 Å². The standard InChI is InChI=1S/C11H16O3S/c1-14-11-4-2-10(3-5-11)6-8-15(13)9-7-12/h2-5,12H,6-9H2,1H3/t15-/m1/s1. The molecule has 0 fully saturated rings. The Hall–Kier alpha value is -0.870. The zero-order valence-electron chi connectivity index (χ0n) is 8.81. The maximum absolute atomic E-state index is 11.3. The van der Waals surface area contributed by atoms with Crippen LogP contribution < -0.4 is 4.74 Å². The second-order valence-corrected chi connectivity index (χ2v) is 4.87. The Morgan fingerprint density at radius 1 is 1.27 bits per heavy atom. The van der Waals surface area contributed by atoms with Crippen LogP contribution in [0.3, 0.4) is 0 Å². The minimum Gasteiger partial charge on any atom is -0.497 e. The summed E-state index contributed by atoms with van der Waals surface area (Å²) in [5, 5.41) is 8.59. The lowest BCUT2D eigenvalue weighted by Crippen LogP contribution is -2.08. The molecule has 1 atom stereocenters. The van der Waals surface area contributed by atoms with E-state index in [2.05, 4.69) is 0 Å². The zero-order chi connectivity index (χ0) is 11.1. The highest BCUT2D eigenvalue weighted by Gasteiger charge is 2.00. The molecule has 0 aromatic heterocycles. The molecule has 0 aliphatic heterocycles. The molecule has 0 unspecified atom stereocenters. The van der Waals surface area contributed by atoms with E-state index in [4.69, 9.17) is 9.84 Å². The molecule has 0 amide bonds. The quantitative estimate of drug-likeness (QED) is 0.789. The van der Waals surface area contributed by atoms with E-state index >= 15 is 0 Å². The summed E-state index contributed by atoms with van der Waals surface area (Å²) in [5.74, 6) is 1.80. The summed E-state index contributed by atoms with van der Waals surface area (Å²) in [6.07, 6.45) is 0.774. The first-order chi connectivity index (χ1) is 7.26. The Morgan fingerprint density at radius 2 is 1.93 bits per heavy atom. The summed E-state index contributed by atoms with van der Waals surface area (Å²) in [6.45, 7) is -0.00474. The maximum Gasteiger partial charge on any atom is 0.118 e. The Morgan fingerprint density at radius 3 is 2.47 bits per heavy atom. The van der Waals surface area contributed by atoms with Crippen molar-refractivity contribution in [1.82, 2.24) is 0 Å². The maximum atomic E-state index is 11.3. The number of ether oxygens (including phenoxy) is 1. The molecule has 0 saturated carbocycles. The van der Waals surface area contributed by atoms with Crippen LogP contribution in [-0.2, 0) is 17.2 Å². The Labute approximate surface area is 92.5 Å². The monoisotopic (exact) mass is 228 g/mol. The molecule has 0 spiro atoms. The Balaban J connectivity index is 2.40. The first-order valence-corrected chi connectivity index (χ1v) is 6.34. The molecule has 4 heteroatoms. The van der Waals surface area contributed by atoms with Gasteiger partial charge in [-0.2, -0.15) is 0 Å². The highest BCUT2D eigenvalue weighted by atomic mass is 32.2. The molecule has 1 aromatic rings. The number of hydrogen-bond donors (Lipinski definition) is 1. The van der Waals surface area contributed by atoms with Crippen molar-refractivity contribution < 1.29 is 14.1 Å². The molecule has 3 nitrogen and oxygen atoms in total. The topological polar surface area (TPSA) is 46.5 Å². The number of aryl methyl sites for hydroxylation is 1. The highest BCUT2D eigenvalue weighted by molar-refractivity contribution is 7.84. The fourth-order valence-electron chi connectivity index (χ4n) is 1.23. The average molecular weight is 228 g/mol. The first-order valence-electron chi connectivity index (χ1n) is 4.85. The molecule has 0 aliphatic carbocycles. The number of hydrogen-bond acceptors (Lipinski definition) is 3. The number of aliphatic hydroxyl groups is 1. The van der Waals surface area contributed by atoms with Crippen LogP contribution in [0.5, 0.6) is 5.75 Å². The van der Waals surface area contributed by atoms with Crippen molar-refractivity contribution in [3.05, 3.63) is 29.8 Å². The van der Waals surface area contributed by atoms with Gasteiger partial charge in [-0.15, -0.1) is 0 Å². The molecule has 1 N–H and O–H groups in total. The van der Waals surface area contributed by atoms with Crippen molar-refractivity contribution in [2.75, 3.05) is 25.2 Å². The van der Waals surface area contributed by atoms with Gasteiger partial charge in [-0.1, -0.05) is 12.1 Å². The fraction of sp³-hybridized carbons (Fsp3) is 0.455. The van der Waals surface area contributed by atoms with Gasteiger partial charge in [-0.3, -0.25) is 4.21 Å². The van der Waals surface area contributed by atoms with E-state index in [1.165, 1.54) is 0 Å². The Kier molecular flexibility index (Phi) is 5.36. The molecular weight excluding hydrogens is 212 g/mol. The van der Waals surface area contributed by atoms with E-state index < -0.39 is 10.8 Å². The largest absolute Gasteiger partial charge is 0.497 e. The first kappa shape index (κ1) is 12.2. The molecule has 0 radical (unpaired) electrons. The third-order valence-electron chi connectivity index (χ3n) is 2.10. The minimum absolute atomic E-state index is 0.00474. The van der Waals surface area contributed by atoms with Crippen molar-refractivity contribution >= 4 is 10.8 Å². The molecule has 0 saturated heterocycles. The molecule has 84 valence electrons. The lowest BCUT2D eigenvalue weighted by molar-refractivity contribution is 0.321. The SMILES string of the molecule is COc1ccc(CC[S@@](=O)CCO)cc1. The van der Waals surface area contributed by atoms with Crippen LogP contribution in [0.4, 0.5) is 0 Å². The van der Waals surface area contributed by atoms with E-state index in [1.807, 2.05) is 24.3 Å². The lowest BCUT2D eigenvalue weighted by atomic mass is 10.2. The fourth-order valence-corrected chi connectivity index (χ4v) is 2.10. The molecular formula is C11H16O3S. The zero-order valence-corrected chi connectivity index (χ0v) is 9.63. The summed E-state index contributed by atoms with van der Waals surface area (Å²) in [5.41, 5.74) is 1.14. The summed E-state index contributed by atoms with van der Waals surface area (Å²) in [4.78, 5) is 0. The van der Waals surface area contributed by atoms with Gasteiger partial charge in [-0.25, -0.2) is 0 Å². The number of benzene rings is 1. The van der Waals surface area contributed by atoms with Crippen LogP contribution in [0, 0.1) is 0 Å². The van der Waals surface area contributed by atoms with Crippen molar-refractivity contribution in [3.63, 3.8) is 0 Å². The normalized spacial score (nSPS) is 12.4. The predicted molar refractivity (Wildman–Crippen MR) is 61.7 cm³/mol. The van der Waals surface area contributed by atoms with Crippen molar-refractivity contribution in [2.24, 2.45) is 0 Å². The number of aliphatic hydroxyl groups excluding tert-OH is 1. The molecule has 0 heterocycles. The molecule has 1 rings (SSSR count). The smallest absolute Gasteiger partial charge is 0.118 e. The van der Waals surface area contributed by atoms with Gasteiger partial charge in [0, 0.05) is 22.3 Å². The van der Waals surface area contributed by atoms with Crippen molar-refractivity contribution in [2.45, 2.75) is 6.42 Å². The predicted octanol–water partition coefficient (Wildman–Crippen LogP) is 0.979. The lowest BCUT2D eigenvalue weighted by Gasteiger charge is -2.03. The molecule has 1 aromatic carbocycles. The van der Waals surface area contributed by atoms with Gasteiger partial charge in [0.15, 0.2) is 0 Å². The van der Waals surface area contributed by atoms with Crippen LogP contribution in [0.1, 0.15) is 5.56 Å². The van der Waals surface area contributed by atoms with Crippen LogP contribution >= 0.6 is 0 Å². The van der Waals surface area contributed by atoms with Gasteiger partial charge in [0.2, 0.25) is 0 Å². The minimum atomic E-state index is -0.909. The van der Waals surface area contributed by atoms with Crippen LogP contribution in [0.2, 0.25) is 0 Å². The average Bonchev–Trinajstić information content (AvgIpc) is 2.27. The van der Waals surface area contributed by atoms with E-state index in [0.29, 0.717) is 11.5 Å². The summed E-state index contributed by atoms with van der Waals surface area (Å²) in [6, 6.07) is 7.72. The van der Waals surface area contributed by atoms with E-state index in [9.17, 15) is 4.21 Å². The van der Waals surface area contributed by atoms with Crippen LogP contribution in [0.25, 0.3) is 0 Å².